The zero-order valence-electron chi connectivity index (χ0n) is 10.4. The zero-order chi connectivity index (χ0) is 12.7. The van der Waals surface area contributed by atoms with Crippen LogP contribution in [0.3, 0.4) is 0 Å². The van der Waals surface area contributed by atoms with E-state index in [9.17, 15) is 4.39 Å². The van der Waals surface area contributed by atoms with Crippen LogP contribution >= 0.6 is 0 Å². The molecular weight excluding hydrogens is 233 g/mol. The van der Waals surface area contributed by atoms with Gasteiger partial charge in [-0.25, -0.2) is 9.37 Å². The molecule has 0 amide bonds. The summed E-state index contributed by atoms with van der Waals surface area (Å²) in [6, 6.07) is 1.96. The van der Waals surface area contributed by atoms with E-state index in [1.54, 1.807) is 6.08 Å². The van der Waals surface area contributed by atoms with Gasteiger partial charge in [-0.1, -0.05) is 5.16 Å². The van der Waals surface area contributed by atoms with Gasteiger partial charge in [0.2, 0.25) is 0 Å². The predicted molar refractivity (Wildman–Crippen MR) is 67.3 cm³/mol. The number of anilines is 1. The van der Waals surface area contributed by atoms with Gasteiger partial charge in [0.1, 0.15) is 5.83 Å². The number of hydrogen-bond donors (Lipinski definition) is 0. The fourth-order valence-corrected chi connectivity index (χ4v) is 2.35. The van der Waals surface area contributed by atoms with Gasteiger partial charge in [-0.2, -0.15) is 0 Å². The van der Waals surface area contributed by atoms with Crippen molar-refractivity contribution in [3.63, 3.8) is 0 Å². The summed E-state index contributed by atoms with van der Waals surface area (Å²) in [4.78, 5) is 6.32. The van der Waals surface area contributed by atoms with E-state index >= 15 is 0 Å². The Morgan fingerprint density at radius 2 is 2.22 bits per heavy atom. The van der Waals surface area contributed by atoms with Crippen molar-refractivity contribution in [2.75, 3.05) is 18.0 Å². The number of aromatic nitrogens is 2. The molecule has 18 heavy (non-hydrogen) atoms. The van der Waals surface area contributed by atoms with Crippen LogP contribution in [-0.2, 0) is 0 Å². The average molecular weight is 247 g/mol. The molecule has 2 aromatic heterocycles. The van der Waals surface area contributed by atoms with E-state index in [1.807, 2.05) is 24.8 Å². The Morgan fingerprint density at radius 1 is 1.39 bits per heavy atom. The van der Waals surface area contributed by atoms with Gasteiger partial charge in [0.05, 0.1) is 23.3 Å². The summed E-state index contributed by atoms with van der Waals surface area (Å²) in [5.41, 5.74) is 3.13. The SMILES string of the molecule is Cc1cc(N2CCC=C(F)C2)c2c(C)noc2n1. The molecule has 0 unspecified atom stereocenters. The van der Waals surface area contributed by atoms with Crippen LogP contribution in [0.5, 0.6) is 0 Å². The van der Waals surface area contributed by atoms with Crippen molar-refractivity contribution in [3.8, 4) is 0 Å². The van der Waals surface area contributed by atoms with Crippen LogP contribution in [0.2, 0.25) is 0 Å². The van der Waals surface area contributed by atoms with Gasteiger partial charge in [0.15, 0.2) is 0 Å². The largest absolute Gasteiger partial charge is 0.364 e. The molecule has 0 radical (unpaired) electrons. The lowest BCUT2D eigenvalue weighted by Gasteiger charge is -2.27. The molecule has 5 heteroatoms. The van der Waals surface area contributed by atoms with Crippen LogP contribution in [0.4, 0.5) is 10.1 Å². The number of pyridine rings is 1. The molecule has 1 aliphatic heterocycles. The van der Waals surface area contributed by atoms with Crippen LogP contribution in [0.25, 0.3) is 11.1 Å². The molecular formula is C13H14FN3O. The third kappa shape index (κ3) is 1.75. The molecule has 0 spiro atoms. The van der Waals surface area contributed by atoms with E-state index in [1.165, 1.54) is 0 Å². The number of rotatable bonds is 1. The first-order valence-corrected chi connectivity index (χ1v) is 5.98. The summed E-state index contributed by atoms with van der Waals surface area (Å²) in [6.07, 6.45) is 2.36. The summed E-state index contributed by atoms with van der Waals surface area (Å²) < 4.78 is 18.6. The Bertz CT molecular complexity index is 632. The molecule has 0 atom stereocenters. The summed E-state index contributed by atoms with van der Waals surface area (Å²) >= 11 is 0. The first-order chi connectivity index (χ1) is 8.65. The number of nitrogens with zero attached hydrogens (tertiary/aromatic N) is 3. The molecule has 0 fully saturated rings. The van der Waals surface area contributed by atoms with Crippen molar-refractivity contribution in [2.45, 2.75) is 20.3 Å². The number of aryl methyl sites for hydroxylation is 2. The highest BCUT2D eigenvalue weighted by atomic mass is 19.1. The minimum atomic E-state index is -0.0852. The Morgan fingerprint density at radius 3 is 3.00 bits per heavy atom. The summed E-state index contributed by atoms with van der Waals surface area (Å²) in [6.45, 7) is 4.89. The maximum Gasteiger partial charge on any atom is 0.260 e. The summed E-state index contributed by atoms with van der Waals surface area (Å²) in [7, 11) is 0. The summed E-state index contributed by atoms with van der Waals surface area (Å²) in [5.74, 6) is -0.0852. The van der Waals surface area contributed by atoms with E-state index in [-0.39, 0.29) is 5.83 Å². The number of hydrogen-bond acceptors (Lipinski definition) is 4. The molecule has 0 aromatic carbocycles. The molecule has 2 aromatic rings. The van der Waals surface area contributed by atoms with Crippen LogP contribution in [0.15, 0.2) is 22.5 Å². The van der Waals surface area contributed by atoms with Crippen molar-refractivity contribution in [1.29, 1.82) is 0 Å². The second-order valence-electron chi connectivity index (χ2n) is 4.59. The lowest BCUT2D eigenvalue weighted by atomic mass is 10.1. The van der Waals surface area contributed by atoms with E-state index in [4.69, 9.17) is 4.52 Å². The normalized spacial score (nSPS) is 16.2. The molecule has 0 aliphatic carbocycles. The van der Waals surface area contributed by atoms with Crippen LogP contribution in [-0.4, -0.2) is 23.2 Å². The van der Waals surface area contributed by atoms with Gasteiger partial charge in [-0.3, -0.25) is 0 Å². The van der Waals surface area contributed by atoms with Crippen molar-refractivity contribution in [3.05, 3.63) is 29.4 Å². The van der Waals surface area contributed by atoms with Crippen LogP contribution in [0, 0.1) is 13.8 Å². The predicted octanol–water partition coefficient (Wildman–Crippen LogP) is 2.90. The minimum absolute atomic E-state index is 0.0852. The van der Waals surface area contributed by atoms with Crippen molar-refractivity contribution < 1.29 is 8.91 Å². The molecule has 1 aliphatic rings. The molecule has 4 nitrogen and oxygen atoms in total. The molecule has 3 rings (SSSR count). The lowest BCUT2D eigenvalue weighted by molar-refractivity contribution is 0.442. The van der Waals surface area contributed by atoms with E-state index in [2.05, 4.69) is 10.1 Å². The first kappa shape index (κ1) is 11.2. The maximum atomic E-state index is 13.4. The quantitative estimate of drug-likeness (QED) is 0.777. The number of fused-ring (bicyclic) bond motifs is 1. The minimum Gasteiger partial charge on any atom is -0.364 e. The molecule has 0 bridgehead atoms. The molecule has 0 saturated heterocycles. The molecule has 3 heterocycles. The zero-order valence-corrected chi connectivity index (χ0v) is 10.4. The highest BCUT2D eigenvalue weighted by Crippen LogP contribution is 2.31. The van der Waals surface area contributed by atoms with E-state index in [0.29, 0.717) is 12.3 Å². The van der Waals surface area contributed by atoms with Gasteiger partial charge in [0, 0.05) is 12.2 Å². The summed E-state index contributed by atoms with van der Waals surface area (Å²) in [5, 5.41) is 4.82. The third-order valence-corrected chi connectivity index (χ3v) is 3.17. The van der Waals surface area contributed by atoms with E-state index < -0.39 is 0 Å². The Balaban J connectivity index is 2.15. The van der Waals surface area contributed by atoms with Crippen molar-refractivity contribution >= 4 is 16.8 Å². The first-order valence-electron chi connectivity index (χ1n) is 5.98. The lowest BCUT2D eigenvalue weighted by Crippen LogP contribution is -2.29. The van der Waals surface area contributed by atoms with Gasteiger partial charge in [-0.05, 0) is 32.4 Å². The Labute approximate surface area is 104 Å². The molecule has 94 valence electrons. The smallest absolute Gasteiger partial charge is 0.260 e. The second-order valence-corrected chi connectivity index (χ2v) is 4.59. The fourth-order valence-electron chi connectivity index (χ4n) is 2.35. The van der Waals surface area contributed by atoms with E-state index in [0.717, 1.165) is 35.4 Å². The highest BCUT2D eigenvalue weighted by molar-refractivity contribution is 5.91. The van der Waals surface area contributed by atoms with Crippen molar-refractivity contribution in [1.82, 2.24) is 10.1 Å². The fraction of sp³-hybridized carbons (Fsp3) is 0.385. The van der Waals surface area contributed by atoms with Gasteiger partial charge in [-0.15, -0.1) is 0 Å². The van der Waals surface area contributed by atoms with Gasteiger partial charge in [0.25, 0.3) is 5.71 Å². The standard InChI is InChI=1S/C13H14FN3O/c1-8-6-11(17-5-3-4-10(14)7-17)12-9(2)16-18-13(12)15-8/h4,6H,3,5,7H2,1-2H3. The topological polar surface area (TPSA) is 42.2 Å². The highest BCUT2D eigenvalue weighted by Gasteiger charge is 2.19. The third-order valence-electron chi connectivity index (χ3n) is 3.17. The monoisotopic (exact) mass is 247 g/mol. The maximum absolute atomic E-state index is 13.4. The van der Waals surface area contributed by atoms with Gasteiger partial charge < -0.3 is 9.42 Å². The number of halogens is 1. The Hall–Kier alpha value is -1.91. The average Bonchev–Trinajstić information content (AvgIpc) is 2.70. The van der Waals surface area contributed by atoms with Crippen LogP contribution < -0.4 is 4.90 Å². The van der Waals surface area contributed by atoms with Gasteiger partial charge >= 0.3 is 0 Å². The molecule has 0 N–H and O–H groups in total. The second kappa shape index (κ2) is 4.08. The van der Waals surface area contributed by atoms with Crippen LogP contribution in [0.1, 0.15) is 17.8 Å². The molecule has 0 saturated carbocycles. The Kier molecular flexibility index (Phi) is 2.54. The van der Waals surface area contributed by atoms with Crippen molar-refractivity contribution in [2.24, 2.45) is 0 Å².